The molecule has 1 saturated heterocycles. The summed E-state index contributed by atoms with van der Waals surface area (Å²) in [5, 5.41) is 17.8. The molecule has 5 nitrogen and oxygen atoms in total. The molecular weight excluding hydrogens is 232 g/mol. The average molecular weight is 250 g/mol. The van der Waals surface area contributed by atoms with Gasteiger partial charge in [0.15, 0.2) is 5.69 Å². The standard InChI is InChI=1S/C13H18N2O3/c16-9-6-10-4-7-15(8-5-10)12-3-1-2-11(14-12)13(17)18/h1-3,10,16H,4-9H2,(H,17,18). The highest BCUT2D eigenvalue weighted by atomic mass is 16.4. The second-order valence-electron chi connectivity index (χ2n) is 4.63. The Morgan fingerprint density at radius 1 is 1.39 bits per heavy atom. The summed E-state index contributed by atoms with van der Waals surface area (Å²) in [7, 11) is 0. The Balaban J connectivity index is 2.01. The number of aromatic nitrogens is 1. The molecule has 0 amide bonds. The third-order valence-corrected chi connectivity index (χ3v) is 3.43. The van der Waals surface area contributed by atoms with Gasteiger partial charge in [0.25, 0.3) is 0 Å². The second kappa shape index (κ2) is 5.82. The molecule has 2 N–H and O–H groups in total. The molecule has 1 aromatic heterocycles. The van der Waals surface area contributed by atoms with E-state index in [0.717, 1.165) is 38.2 Å². The van der Waals surface area contributed by atoms with E-state index < -0.39 is 5.97 Å². The number of rotatable bonds is 4. The molecule has 0 aliphatic carbocycles. The zero-order valence-corrected chi connectivity index (χ0v) is 10.2. The molecule has 0 bridgehead atoms. The predicted molar refractivity (Wildman–Crippen MR) is 67.8 cm³/mol. The Hall–Kier alpha value is -1.62. The molecule has 0 spiro atoms. The number of pyridine rings is 1. The van der Waals surface area contributed by atoms with Crippen LogP contribution in [0.25, 0.3) is 0 Å². The predicted octanol–water partition coefficient (Wildman–Crippen LogP) is 1.38. The van der Waals surface area contributed by atoms with Crippen molar-refractivity contribution in [3.63, 3.8) is 0 Å². The van der Waals surface area contributed by atoms with Crippen molar-refractivity contribution in [1.29, 1.82) is 0 Å². The molecule has 18 heavy (non-hydrogen) atoms. The number of carboxylic acids is 1. The molecule has 98 valence electrons. The lowest BCUT2D eigenvalue weighted by atomic mass is 9.94. The number of aromatic carboxylic acids is 1. The third-order valence-electron chi connectivity index (χ3n) is 3.43. The number of anilines is 1. The van der Waals surface area contributed by atoms with Crippen LogP contribution in [-0.4, -0.2) is 40.9 Å². The Morgan fingerprint density at radius 2 is 2.11 bits per heavy atom. The van der Waals surface area contributed by atoms with E-state index >= 15 is 0 Å². The molecule has 1 aromatic rings. The van der Waals surface area contributed by atoms with Crippen LogP contribution in [0.1, 0.15) is 29.8 Å². The molecular formula is C13H18N2O3. The van der Waals surface area contributed by atoms with E-state index in [0.29, 0.717) is 5.92 Å². The lowest BCUT2D eigenvalue weighted by Crippen LogP contribution is -2.34. The van der Waals surface area contributed by atoms with Crippen molar-refractivity contribution in [3.05, 3.63) is 23.9 Å². The van der Waals surface area contributed by atoms with Crippen molar-refractivity contribution >= 4 is 11.8 Å². The number of piperidine rings is 1. The van der Waals surface area contributed by atoms with Gasteiger partial charge in [0.1, 0.15) is 5.82 Å². The molecule has 0 aromatic carbocycles. The van der Waals surface area contributed by atoms with Crippen LogP contribution in [-0.2, 0) is 0 Å². The van der Waals surface area contributed by atoms with Crippen molar-refractivity contribution in [3.8, 4) is 0 Å². The molecule has 2 heterocycles. The summed E-state index contributed by atoms with van der Waals surface area (Å²) in [4.78, 5) is 17.1. The van der Waals surface area contributed by atoms with Crippen LogP contribution in [0.3, 0.4) is 0 Å². The van der Waals surface area contributed by atoms with Gasteiger partial charge in [0.2, 0.25) is 0 Å². The summed E-state index contributed by atoms with van der Waals surface area (Å²) in [5.74, 6) is 0.318. The second-order valence-corrected chi connectivity index (χ2v) is 4.63. The summed E-state index contributed by atoms with van der Waals surface area (Å²) in [5.41, 5.74) is 0.0879. The first-order chi connectivity index (χ1) is 8.70. The Morgan fingerprint density at radius 3 is 2.72 bits per heavy atom. The quantitative estimate of drug-likeness (QED) is 0.844. The fourth-order valence-corrected chi connectivity index (χ4v) is 2.35. The van der Waals surface area contributed by atoms with Gasteiger partial charge in [-0.3, -0.25) is 0 Å². The van der Waals surface area contributed by atoms with Crippen molar-refractivity contribution < 1.29 is 15.0 Å². The summed E-state index contributed by atoms with van der Waals surface area (Å²) >= 11 is 0. The van der Waals surface area contributed by atoms with Crippen molar-refractivity contribution in [2.45, 2.75) is 19.3 Å². The van der Waals surface area contributed by atoms with Crippen molar-refractivity contribution in [1.82, 2.24) is 4.98 Å². The van der Waals surface area contributed by atoms with E-state index in [2.05, 4.69) is 9.88 Å². The van der Waals surface area contributed by atoms with Gasteiger partial charge in [-0.05, 0) is 37.3 Å². The lowest BCUT2D eigenvalue weighted by molar-refractivity contribution is 0.0690. The number of aliphatic hydroxyl groups excluding tert-OH is 1. The monoisotopic (exact) mass is 250 g/mol. The highest BCUT2D eigenvalue weighted by Crippen LogP contribution is 2.23. The first-order valence-electron chi connectivity index (χ1n) is 6.27. The zero-order valence-electron chi connectivity index (χ0n) is 10.2. The Kier molecular flexibility index (Phi) is 4.15. The Bertz CT molecular complexity index is 414. The first kappa shape index (κ1) is 12.8. The Labute approximate surface area is 106 Å². The van der Waals surface area contributed by atoms with Crippen LogP contribution in [0.2, 0.25) is 0 Å². The van der Waals surface area contributed by atoms with Crippen molar-refractivity contribution in [2.75, 3.05) is 24.6 Å². The summed E-state index contributed by atoms with van der Waals surface area (Å²) in [6, 6.07) is 5.08. The van der Waals surface area contributed by atoms with E-state index in [1.807, 2.05) is 6.07 Å². The first-order valence-corrected chi connectivity index (χ1v) is 6.27. The van der Waals surface area contributed by atoms with Crippen LogP contribution >= 0.6 is 0 Å². The topological polar surface area (TPSA) is 73.7 Å². The fraction of sp³-hybridized carbons (Fsp3) is 0.538. The van der Waals surface area contributed by atoms with E-state index in [4.69, 9.17) is 10.2 Å². The molecule has 0 radical (unpaired) electrons. The number of nitrogens with zero attached hydrogens (tertiary/aromatic N) is 2. The largest absolute Gasteiger partial charge is 0.477 e. The molecule has 5 heteroatoms. The van der Waals surface area contributed by atoms with Gasteiger partial charge in [-0.2, -0.15) is 0 Å². The minimum atomic E-state index is -0.994. The van der Waals surface area contributed by atoms with Crippen LogP contribution in [0, 0.1) is 5.92 Å². The minimum Gasteiger partial charge on any atom is -0.477 e. The number of hydrogen-bond donors (Lipinski definition) is 2. The summed E-state index contributed by atoms with van der Waals surface area (Å²) < 4.78 is 0. The van der Waals surface area contributed by atoms with Gasteiger partial charge in [-0.15, -0.1) is 0 Å². The lowest BCUT2D eigenvalue weighted by Gasteiger charge is -2.32. The third kappa shape index (κ3) is 2.98. The SMILES string of the molecule is O=C(O)c1cccc(N2CCC(CCO)CC2)n1. The van der Waals surface area contributed by atoms with Crippen LogP contribution in [0.15, 0.2) is 18.2 Å². The van der Waals surface area contributed by atoms with Gasteiger partial charge in [0.05, 0.1) is 0 Å². The maximum Gasteiger partial charge on any atom is 0.354 e. The molecule has 0 unspecified atom stereocenters. The van der Waals surface area contributed by atoms with Crippen LogP contribution in [0.4, 0.5) is 5.82 Å². The van der Waals surface area contributed by atoms with Gasteiger partial charge in [0, 0.05) is 19.7 Å². The van der Waals surface area contributed by atoms with Gasteiger partial charge >= 0.3 is 5.97 Å². The molecule has 0 atom stereocenters. The highest BCUT2D eigenvalue weighted by molar-refractivity contribution is 5.85. The van der Waals surface area contributed by atoms with Gasteiger partial charge < -0.3 is 15.1 Å². The van der Waals surface area contributed by atoms with E-state index in [1.54, 1.807) is 6.07 Å². The highest BCUT2D eigenvalue weighted by Gasteiger charge is 2.20. The van der Waals surface area contributed by atoms with E-state index in [1.165, 1.54) is 6.07 Å². The van der Waals surface area contributed by atoms with E-state index in [-0.39, 0.29) is 12.3 Å². The average Bonchev–Trinajstić information content (AvgIpc) is 2.40. The van der Waals surface area contributed by atoms with E-state index in [9.17, 15) is 4.79 Å². The van der Waals surface area contributed by atoms with Crippen LogP contribution < -0.4 is 4.90 Å². The smallest absolute Gasteiger partial charge is 0.354 e. The fourth-order valence-electron chi connectivity index (χ4n) is 2.35. The number of carboxylic acid groups (broad SMARTS) is 1. The number of hydrogen-bond acceptors (Lipinski definition) is 4. The molecule has 1 aliphatic heterocycles. The molecule has 1 fully saturated rings. The molecule has 2 rings (SSSR count). The van der Waals surface area contributed by atoms with Crippen molar-refractivity contribution in [2.24, 2.45) is 5.92 Å². The van der Waals surface area contributed by atoms with Gasteiger partial charge in [-0.1, -0.05) is 6.07 Å². The normalized spacial score (nSPS) is 16.8. The summed E-state index contributed by atoms with van der Waals surface area (Å²) in [6.45, 7) is 2.00. The van der Waals surface area contributed by atoms with Gasteiger partial charge in [-0.25, -0.2) is 9.78 Å². The summed E-state index contributed by atoms with van der Waals surface area (Å²) in [6.07, 6.45) is 2.91. The minimum absolute atomic E-state index is 0.0879. The zero-order chi connectivity index (χ0) is 13.0. The molecule has 0 saturated carbocycles. The number of aliphatic hydroxyl groups is 1. The maximum absolute atomic E-state index is 10.9. The van der Waals surface area contributed by atoms with Crippen LogP contribution in [0.5, 0.6) is 0 Å². The maximum atomic E-state index is 10.9. The molecule has 1 aliphatic rings. The number of carbonyl (C=O) groups is 1.